The maximum absolute atomic E-state index is 3.69. The number of allylic oxidation sites excluding steroid dienone is 5. The highest BCUT2D eigenvalue weighted by Crippen LogP contribution is 2.14. The summed E-state index contributed by atoms with van der Waals surface area (Å²) in [5.74, 6) is 0. The zero-order valence-electron chi connectivity index (χ0n) is 9.22. The van der Waals surface area contributed by atoms with Crippen LogP contribution in [0.25, 0.3) is 0 Å². The average Bonchev–Trinajstić information content (AvgIpc) is 2.01. The normalized spacial score (nSPS) is 12.8. The molecule has 0 spiro atoms. The third-order valence-corrected chi connectivity index (χ3v) is 1.62. The molecule has 0 fully saturated rings. The minimum Gasteiger partial charge on any atom is -0.103 e. The standard InChI is InChI=1S/C13H22/c1-5-6-7-8-9-10-11-12-13(2,3)4/h5,9-12H,1,6-8H2,2-4H3. The fraction of sp³-hybridized carbons (Fsp3) is 0.538. The van der Waals surface area contributed by atoms with E-state index >= 15 is 0 Å². The summed E-state index contributed by atoms with van der Waals surface area (Å²) in [6.45, 7) is 10.3. The zero-order valence-corrected chi connectivity index (χ0v) is 9.22. The first kappa shape index (κ1) is 12.2. The van der Waals surface area contributed by atoms with Gasteiger partial charge in [0.05, 0.1) is 0 Å². The Labute approximate surface area is 83.0 Å². The monoisotopic (exact) mass is 178 g/mol. The van der Waals surface area contributed by atoms with Crippen LogP contribution >= 0.6 is 0 Å². The summed E-state index contributed by atoms with van der Waals surface area (Å²) in [6, 6.07) is 0. The fourth-order valence-corrected chi connectivity index (χ4v) is 0.899. The van der Waals surface area contributed by atoms with E-state index in [1.165, 1.54) is 6.42 Å². The van der Waals surface area contributed by atoms with E-state index in [-0.39, 0.29) is 0 Å². The Kier molecular flexibility index (Phi) is 6.30. The lowest BCUT2D eigenvalue weighted by atomic mass is 9.96. The van der Waals surface area contributed by atoms with Gasteiger partial charge in [-0.05, 0) is 24.7 Å². The number of rotatable bonds is 5. The molecule has 0 nitrogen and oxygen atoms in total. The van der Waals surface area contributed by atoms with E-state index in [2.05, 4.69) is 51.7 Å². The third kappa shape index (κ3) is 11.2. The number of hydrogen-bond acceptors (Lipinski definition) is 0. The molecule has 0 heterocycles. The van der Waals surface area contributed by atoms with Crippen molar-refractivity contribution < 1.29 is 0 Å². The first-order valence-electron chi connectivity index (χ1n) is 5.01. The molecule has 0 aliphatic heterocycles. The van der Waals surface area contributed by atoms with Crippen molar-refractivity contribution in [2.24, 2.45) is 5.41 Å². The Morgan fingerprint density at radius 1 is 1.08 bits per heavy atom. The third-order valence-electron chi connectivity index (χ3n) is 1.62. The molecule has 0 saturated heterocycles. The van der Waals surface area contributed by atoms with Crippen LogP contribution < -0.4 is 0 Å². The Morgan fingerprint density at radius 3 is 2.31 bits per heavy atom. The molecule has 0 aromatic rings. The quantitative estimate of drug-likeness (QED) is 0.330. The second kappa shape index (κ2) is 6.71. The molecule has 0 bridgehead atoms. The zero-order chi connectivity index (χ0) is 10.2. The maximum atomic E-state index is 3.69. The SMILES string of the molecule is C=CCCCC=CC=CC(C)(C)C. The molecular weight excluding hydrogens is 156 g/mol. The van der Waals surface area contributed by atoms with Crippen molar-refractivity contribution in [3.63, 3.8) is 0 Å². The van der Waals surface area contributed by atoms with Gasteiger partial charge in [0, 0.05) is 0 Å². The molecule has 13 heavy (non-hydrogen) atoms. The van der Waals surface area contributed by atoms with Crippen molar-refractivity contribution in [2.75, 3.05) is 0 Å². The van der Waals surface area contributed by atoms with Gasteiger partial charge in [-0.15, -0.1) is 6.58 Å². The van der Waals surface area contributed by atoms with E-state index in [4.69, 9.17) is 0 Å². The molecule has 0 radical (unpaired) electrons. The van der Waals surface area contributed by atoms with Gasteiger partial charge in [0.25, 0.3) is 0 Å². The van der Waals surface area contributed by atoms with Crippen molar-refractivity contribution in [1.82, 2.24) is 0 Å². The van der Waals surface area contributed by atoms with Crippen molar-refractivity contribution in [1.29, 1.82) is 0 Å². The van der Waals surface area contributed by atoms with Gasteiger partial charge in [0.2, 0.25) is 0 Å². The van der Waals surface area contributed by atoms with Crippen molar-refractivity contribution in [3.05, 3.63) is 37.0 Å². The van der Waals surface area contributed by atoms with Gasteiger partial charge in [-0.25, -0.2) is 0 Å². The van der Waals surface area contributed by atoms with Crippen LogP contribution in [-0.4, -0.2) is 0 Å². The molecule has 0 aromatic heterocycles. The molecular formula is C13H22. The lowest BCUT2D eigenvalue weighted by molar-refractivity contribution is 0.544. The predicted molar refractivity (Wildman–Crippen MR) is 61.8 cm³/mol. The van der Waals surface area contributed by atoms with Crippen molar-refractivity contribution in [3.8, 4) is 0 Å². The first-order chi connectivity index (χ1) is 6.06. The van der Waals surface area contributed by atoms with Crippen LogP contribution in [0.3, 0.4) is 0 Å². The van der Waals surface area contributed by atoms with Crippen LogP contribution in [0.5, 0.6) is 0 Å². The highest BCUT2D eigenvalue weighted by molar-refractivity contribution is 5.06. The Hall–Kier alpha value is -0.780. The summed E-state index contributed by atoms with van der Waals surface area (Å²) < 4.78 is 0. The van der Waals surface area contributed by atoms with E-state index in [1.54, 1.807) is 0 Å². The summed E-state index contributed by atoms with van der Waals surface area (Å²) in [5.41, 5.74) is 0.297. The molecule has 0 N–H and O–H groups in total. The molecule has 0 aliphatic carbocycles. The molecule has 0 rings (SSSR count). The highest BCUT2D eigenvalue weighted by atomic mass is 14.1. The molecule has 0 unspecified atom stereocenters. The van der Waals surface area contributed by atoms with Gasteiger partial charge in [0.1, 0.15) is 0 Å². The van der Waals surface area contributed by atoms with Gasteiger partial charge in [-0.3, -0.25) is 0 Å². The summed E-state index contributed by atoms with van der Waals surface area (Å²) >= 11 is 0. The minimum absolute atomic E-state index is 0.297. The largest absolute Gasteiger partial charge is 0.103 e. The summed E-state index contributed by atoms with van der Waals surface area (Å²) in [4.78, 5) is 0. The van der Waals surface area contributed by atoms with Gasteiger partial charge >= 0.3 is 0 Å². The Bertz CT molecular complexity index is 177. The fourth-order valence-electron chi connectivity index (χ4n) is 0.899. The van der Waals surface area contributed by atoms with Gasteiger partial charge < -0.3 is 0 Å². The number of hydrogen-bond donors (Lipinski definition) is 0. The Morgan fingerprint density at radius 2 is 1.77 bits per heavy atom. The molecule has 0 aromatic carbocycles. The summed E-state index contributed by atoms with van der Waals surface area (Å²) in [7, 11) is 0. The molecule has 74 valence electrons. The minimum atomic E-state index is 0.297. The van der Waals surface area contributed by atoms with Crippen LogP contribution in [0.2, 0.25) is 0 Å². The smallest absolute Gasteiger partial charge is 0.0200 e. The highest BCUT2D eigenvalue weighted by Gasteiger charge is 2.01. The second-order valence-corrected chi connectivity index (χ2v) is 4.37. The molecule has 0 atom stereocenters. The predicted octanol–water partition coefficient (Wildman–Crippen LogP) is 4.50. The van der Waals surface area contributed by atoms with E-state index in [0.717, 1.165) is 12.8 Å². The summed E-state index contributed by atoms with van der Waals surface area (Å²) in [5, 5.41) is 0. The van der Waals surface area contributed by atoms with E-state index in [0.29, 0.717) is 5.41 Å². The van der Waals surface area contributed by atoms with Crippen molar-refractivity contribution >= 4 is 0 Å². The van der Waals surface area contributed by atoms with Gasteiger partial charge in [0.15, 0.2) is 0 Å². The van der Waals surface area contributed by atoms with E-state index in [9.17, 15) is 0 Å². The molecule has 0 saturated carbocycles. The van der Waals surface area contributed by atoms with Crippen LogP contribution in [-0.2, 0) is 0 Å². The van der Waals surface area contributed by atoms with Crippen molar-refractivity contribution in [2.45, 2.75) is 40.0 Å². The maximum Gasteiger partial charge on any atom is -0.0200 e. The van der Waals surface area contributed by atoms with Crippen LogP contribution in [0.1, 0.15) is 40.0 Å². The van der Waals surface area contributed by atoms with Crippen LogP contribution in [0.15, 0.2) is 37.0 Å². The Balaban J connectivity index is 3.51. The lowest BCUT2D eigenvalue weighted by Crippen LogP contribution is -1.97. The average molecular weight is 178 g/mol. The topological polar surface area (TPSA) is 0 Å². The van der Waals surface area contributed by atoms with Gasteiger partial charge in [-0.1, -0.05) is 51.2 Å². The van der Waals surface area contributed by atoms with Crippen LogP contribution in [0, 0.1) is 5.41 Å². The van der Waals surface area contributed by atoms with E-state index in [1.807, 2.05) is 6.08 Å². The van der Waals surface area contributed by atoms with Crippen LogP contribution in [0.4, 0.5) is 0 Å². The molecule has 0 amide bonds. The lowest BCUT2D eigenvalue weighted by Gasteiger charge is -2.09. The van der Waals surface area contributed by atoms with E-state index < -0.39 is 0 Å². The first-order valence-corrected chi connectivity index (χ1v) is 5.01. The summed E-state index contributed by atoms with van der Waals surface area (Å²) in [6.07, 6.45) is 14.2. The number of unbranched alkanes of at least 4 members (excludes halogenated alkanes) is 2. The molecule has 0 aliphatic rings. The molecule has 0 heteroatoms. The second-order valence-electron chi connectivity index (χ2n) is 4.37. The van der Waals surface area contributed by atoms with Gasteiger partial charge in [-0.2, -0.15) is 0 Å².